The van der Waals surface area contributed by atoms with E-state index in [9.17, 15) is 13.6 Å². The number of rotatable bonds is 12. The second-order valence-corrected chi connectivity index (χ2v) is 11.0. The summed E-state index contributed by atoms with van der Waals surface area (Å²) in [4.78, 5) is 19.1. The van der Waals surface area contributed by atoms with Crippen LogP contribution < -0.4 is 15.6 Å². The van der Waals surface area contributed by atoms with Gasteiger partial charge in [-0.2, -0.15) is 0 Å². The monoisotopic (exact) mass is 639 g/mol. The Balaban J connectivity index is 1.52. The number of aliphatic hydroxyl groups excluding tert-OH is 1. The van der Waals surface area contributed by atoms with Crippen LogP contribution in [0.5, 0.6) is 5.75 Å². The molecule has 7 nitrogen and oxygen atoms in total. The number of nitrogens with one attached hydrogen (secondary N) is 2. The number of benzene rings is 4. The highest BCUT2D eigenvalue weighted by Gasteiger charge is 2.54. The number of carbonyl (C=O) groups is 1. The zero-order valence-electron chi connectivity index (χ0n) is 23.4. The fourth-order valence-corrected chi connectivity index (χ4v) is 5.38. The predicted molar refractivity (Wildman–Crippen MR) is 165 cm³/mol. The number of hydrogen-bond acceptors (Lipinski definition) is 6. The molecule has 0 fully saturated rings. The third kappa shape index (κ3) is 7.19. The molecule has 4 aromatic rings. The number of amides is 1. The van der Waals surface area contributed by atoms with Gasteiger partial charge in [-0.1, -0.05) is 65.7 Å². The molecule has 0 unspecified atom stereocenters. The van der Waals surface area contributed by atoms with Gasteiger partial charge in [-0.15, -0.1) is 0 Å². The summed E-state index contributed by atoms with van der Waals surface area (Å²) in [6.07, 6.45) is -0.353. The normalized spacial score (nSPS) is 17.6. The molecule has 0 aromatic heterocycles. The molecule has 1 amide bonds. The Morgan fingerprint density at radius 2 is 1.77 bits per heavy atom. The van der Waals surface area contributed by atoms with Gasteiger partial charge in [0.15, 0.2) is 11.6 Å². The van der Waals surface area contributed by atoms with Crippen LogP contribution in [0.1, 0.15) is 34.8 Å². The van der Waals surface area contributed by atoms with Crippen LogP contribution in [-0.4, -0.2) is 35.7 Å². The molecule has 0 spiro atoms. The van der Waals surface area contributed by atoms with Crippen LogP contribution in [0.3, 0.4) is 0 Å². The highest BCUT2D eigenvalue weighted by molar-refractivity contribution is 6.35. The first-order valence-corrected chi connectivity index (χ1v) is 14.6. The highest BCUT2D eigenvalue weighted by atomic mass is 35.5. The molecule has 0 aliphatic carbocycles. The van der Waals surface area contributed by atoms with Gasteiger partial charge >= 0.3 is 0 Å². The molecule has 0 radical (unpaired) electrons. The predicted octanol–water partition coefficient (Wildman–Crippen LogP) is 6.35. The first kappa shape index (κ1) is 31.4. The van der Waals surface area contributed by atoms with Crippen LogP contribution >= 0.6 is 23.2 Å². The summed E-state index contributed by atoms with van der Waals surface area (Å²) in [6, 6.07) is 24.5. The Hall–Kier alpha value is -4.02. The highest BCUT2D eigenvalue weighted by Crippen LogP contribution is 2.45. The fourth-order valence-electron chi connectivity index (χ4n) is 4.87. The first-order chi connectivity index (χ1) is 21.3. The molecule has 44 heavy (non-hydrogen) atoms. The smallest absolute Gasteiger partial charge is 0.266 e. The van der Waals surface area contributed by atoms with Crippen LogP contribution in [0.2, 0.25) is 10.0 Å². The number of hydrazine groups is 1. The summed E-state index contributed by atoms with van der Waals surface area (Å²) in [5.41, 5.74) is 5.92. The van der Waals surface area contributed by atoms with Gasteiger partial charge in [-0.05, 0) is 48.0 Å². The summed E-state index contributed by atoms with van der Waals surface area (Å²) >= 11 is 12.9. The summed E-state index contributed by atoms with van der Waals surface area (Å²) in [7, 11) is 0. The SMILES string of the molecule is O=C(NNCc1ccc(F)cc1F)[C@@]1(Cc2ccccc2)N=C(c2ccc(OCCCO)cc2)O[C@H]1c1ccc(Cl)cc1Cl. The minimum atomic E-state index is -1.57. The molecule has 0 bridgehead atoms. The van der Waals surface area contributed by atoms with Gasteiger partial charge in [0.25, 0.3) is 5.91 Å². The van der Waals surface area contributed by atoms with Crippen molar-refractivity contribution in [1.82, 2.24) is 10.9 Å². The largest absolute Gasteiger partial charge is 0.494 e. The van der Waals surface area contributed by atoms with Gasteiger partial charge in [0.1, 0.15) is 17.4 Å². The van der Waals surface area contributed by atoms with E-state index in [2.05, 4.69) is 10.9 Å². The van der Waals surface area contributed by atoms with Crippen molar-refractivity contribution in [2.75, 3.05) is 13.2 Å². The van der Waals surface area contributed by atoms with E-state index in [1.165, 1.54) is 6.07 Å². The maximum absolute atomic E-state index is 14.3. The Bertz CT molecular complexity index is 1640. The second kappa shape index (κ2) is 14.2. The van der Waals surface area contributed by atoms with Crippen LogP contribution in [-0.2, 0) is 22.5 Å². The van der Waals surface area contributed by atoms with Gasteiger partial charge in [0.05, 0.1) is 6.61 Å². The quantitative estimate of drug-likeness (QED) is 0.124. The van der Waals surface area contributed by atoms with Gasteiger partial charge in [-0.3, -0.25) is 10.2 Å². The average molecular weight is 641 g/mol. The van der Waals surface area contributed by atoms with E-state index in [4.69, 9.17) is 42.8 Å². The van der Waals surface area contributed by atoms with E-state index in [1.54, 1.807) is 42.5 Å². The molecule has 5 rings (SSSR count). The third-order valence-electron chi connectivity index (χ3n) is 7.09. The van der Waals surface area contributed by atoms with Gasteiger partial charge in [0, 0.05) is 58.8 Å². The molecule has 0 saturated carbocycles. The molecule has 2 atom stereocenters. The molecular weight excluding hydrogens is 611 g/mol. The van der Waals surface area contributed by atoms with E-state index < -0.39 is 29.2 Å². The van der Waals surface area contributed by atoms with E-state index in [0.717, 1.165) is 17.7 Å². The van der Waals surface area contributed by atoms with Crippen LogP contribution in [0.25, 0.3) is 0 Å². The number of halogens is 4. The number of nitrogens with zero attached hydrogens (tertiary/aromatic N) is 1. The van der Waals surface area contributed by atoms with E-state index in [-0.39, 0.29) is 36.1 Å². The van der Waals surface area contributed by atoms with Crippen LogP contribution in [0.15, 0.2) is 96.0 Å². The zero-order chi connectivity index (χ0) is 31.1. The van der Waals surface area contributed by atoms with Crippen molar-refractivity contribution in [1.29, 1.82) is 0 Å². The first-order valence-electron chi connectivity index (χ1n) is 13.9. The molecule has 3 N–H and O–H groups in total. The topological polar surface area (TPSA) is 92.2 Å². The van der Waals surface area contributed by atoms with Crippen LogP contribution in [0.4, 0.5) is 8.78 Å². The molecule has 1 heterocycles. The van der Waals surface area contributed by atoms with Crippen molar-refractivity contribution in [3.63, 3.8) is 0 Å². The third-order valence-corrected chi connectivity index (χ3v) is 7.65. The molecule has 4 aromatic carbocycles. The average Bonchev–Trinajstić information content (AvgIpc) is 3.39. The number of hydrogen-bond donors (Lipinski definition) is 3. The minimum Gasteiger partial charge on any atom is -0.494 e. The Morgan fingerprint density at radius 3 is 2.48 bits per heavy atom. The minimum absolute atomic E-state index is 0.0244. The van der Waals surface area contributed by atoms with E-state index in [1.807, 2.05) is 30.3 Å². The standard InChI is InChI=1S/C33H29Cl2F2N3O4/c34-24-10-14-27(28(35)17-24)30-33(19-21-5-2-1-3-6-21,32(42)40-38-20-23-7-11-25(36)18-29(23)37)39-31(44-30)22-8-12-26(13-9-22)43-16-4-15-41/h1-3,5-14,17-18,30,38,41H,4,15-16,19-20H2,(H,40,42)/t30-,33-/m0/s1. The summed E-state index contributed by atoms with van der Waals surface area (Å²) in [5, 5.41) is 9.73. The Labute approximate surface area is 263 Å². The Morgan fingerprint density at radius 1 is 1.00 bits per heavy atom. The molecule has 0 saturated heterocycles. The summed E-state index contributed by atoms with van der Waals surface area (Å²) < 4.78 is 39.8. The number of ether oxygens (including phenoxy) is 2. The fraction of sp³-hybridized carbons (Fsp3) is 0.212. The van der Waals surface area contributed by atoms with Crippen molar-refractivity contribution in [3.8, 4) is 5.75 Å². The number of carbonyl (C=O) groups excluding carboxylic acids is 1. The maximum atomic E-state index is 14.3. The lowest BCUT2D eigenvalue weighted by molar-refractivity contribution is -0.130. The second-order valence-electron chi connectivity index (χ2n) is 10.2. The Kier molecular flexibility index (Phi) is 10.1. The van der Waals surface area contributed by atoms with Crippen molar-refractivity contribution in [2.24, 2.45) is 4.99 Å². The van der Waals surface area contributed by atoms with Crippen molar-refractivity contribution < 1.29 is 28.2 Å². The maximum Gasteiger partial charge on any atom is 0.266 e. The van der Waals surface area contributed by atoms with Crippen molar-refractivity contribution in [3.05, 3.63) is 135 Å². The summed E-state index contributed by atoms with van der Waals surface area (Å²) in [5.74, 6) is -1.19. The summed E-state index contributed by atoms with van der Waals surface area (Å²) in [6.45, 7) is 0.275. The number of aliphatic imine (C=N–C) groups is 1. The number of aliphatic hydroxyl groups is 1. The van der Waals surface area contributed by atoms with Crippen LogP contribution in [0, 0.1) is 11.6 Å². The van der Waals surface area contributed by atoms with E-state index >= 15 is 0 Å². The van der Waals surface area contributed by atoms with Gasteiger partial charge in [-0.25, -0.2) is 19.2 Å². The van der Waals surface area contributed by atoms with E-state index in [0.29, 0.717) is 34.9 Å². The lowest BCUT2D eigenvalue weighted by Gasteiger charge is -2.31. The lowest BCUT2D eigenvalue weighted by Crippen LogP contribution is -2.53. The molecule has 228 valence electrons. The lowest BCUT2D eigenvalue weighted by atomic mass is 9.82. The van der Waals surface area contributed by atoms with Crippen molar-refractivity contribution in [2.45, 2.75) is 31.0 Å². The zero-order valence-corrected chi connectivity index (χ0v) is 24.9. The van der Waals surface area contributed by atoms with Gasteiger partial charge < -0.3 is 14.6 Å². The molecule has 11 heteroatoms. The molecule has 1 aliphatic rings. The van der Waals surface area contributed by atoms with Crippen molar-refractivity contribution >= 4 is 35.0 Å². The molecular formula is C33H29Cl2F2N3O4. The van der Waals surface area contributed by atoms with Gasteiger partial charge in [0.2, 0.25) is 5.90 Å². The molecule has 1 aliphatic heterocycles.